The summed E-state index contributed by atoms with van der Waals surface area (Å²) in [4.78, 5) is 15.7. The molecule has 0 aromatic carbocycles. The second-order valence-electron chi connectivity index (χ2n) is 4.41. The maximum atomic E-state index is 11.5. The molecule has 1 heterocycles. The van der Waals surface area contributed by atoms with Gasteiger partial charge in [0.2, 0.25) is 0 Å². The maximum absolute atomic E-state index is 11.5. The van der Waals surface area contributed by atoms with E-state index in [4.69, 9.17) is 4.74 Å². The van der Waals surface area contributed by atoms with Crippen molar-refractivity contribution in [2.24, 2.45) is 0 Å². The Balaban J connectivity index is 2.59. The van der Waals surface area contributed by atoms with Crippen LogP contribution in [0.3, 0.4) is 0 Å². The molecular weight excluding hydrogens is 192 g/mol. The van der Waals surface area contributed by atoms with E-state index in [0.717, 1.165) is 12.2 Å². The second-order valence-corrected chi connectivity index (χ2v) is 4.41. The number of hydrogen-bond donors (Lipinski definition) is 0. The molecule has 0 saturated heterocycles. The lowest BCUT2D eigenvalue weighted by Crippen LogP contribution is -2.26. The van der Waals surface area contributed by atoms with Crippen molar-refractivity contribution in [2.45, 2.75) is 46.3 Å². The molecule has 0 N–H and O–H groups in total. The molecule has 0 bridgehead atoms. The summed E-state index contributed by atoms with van der Waals surface area (Å²) in [7, 11) is 0. The Morgan fingerprint density at radius 3 is 2.73 bits per heavy atom. The highest BCUT2D eigenvalue weighted by molar-refractivity contribution is 5.69. The van der Waals surface area contributed by atoms with Crippen molar-refractivity contribution >= 4 is 5.97 Å². The van der Waals surface area contributed by atoms with E-state index < -0.39 is 5.60 Å². The van der Waals surface area contributed by atoms with Crippen LogP contribution in [0.5, 0.6) is 0 Å². The number of hydrogen-bond acceptors (Lipinski definition) is 3. The Morgan fingerprint density at radius 1 is 1.53 bits per heavy atom. The van der Waals surface area contributed by atoms with Crippen molar-refractivity contribution in [3.05, 3.63) is 18.2 Å². The normalized spacial score (nSPS) is 11.5. The van der Waals surface area contributed by atoms with Crippen LogP contribution in [-0.2, 0) is 22.5 Å². The number of esters is 1. The average molecular weight is 210 g/mol. The van der Waals surface area contributed by atoms with E-state index in [2.05, 4.69) is 4.98 Å². The summed E-state index contributed by atoms with van der Waals surface area (Å²) in [5, 5.41) is 0. The van der Waals surface area contributed by atoms with Gasteiger partial charge in [0.1, 0.15) is 18.0 Å². The van der Waals surface area contributed by atoms with Crippen molar-refractivity contribution in [1.29, 1.82) is 0 Å². The summed E-state index contributed by atoms with van der Waals surface area (Å²) in [6, 6.07) is 0. The molecule has 0 aliphatic carbocycles. The molecule has 0 radical (unpaired) electrons. The number of aryl methyl sites for hydroxylation is 1. The number of aromatic nitrogens is 2. The first kappa shape index (κ1) is 11.8. The second kappa shape index (κ2) is 4.47. The van der Waals surface area contributed by atoms with Crippen LogP contribution in [0.2, 0.25) is 0 Å². The lowest BCUT2D eigenvalue weighted by molar-refractivity contribution is -0.155. The van der Waals surface area contributed by atoms with Gasteiger partial charge in [-0.25, -0.2) is 4.98 Å². The fourth-order valence-electron chi connectivity index (χ4n) is 1.31. The summed E-state index contributed by atoms with van der Waals surface area (Å²) in [6.07, 6.45) is 4.31. The lowest BCUT2D eigenvalue weighted by atomic mass is 10.2. The predicted molar refractivity (Wildman–Crippen MR) is 57.5 cm³/mol. The minimum atomic E-state index is -0.427. The molecule has 84 valence electrons. The Kier molecular flexibility index (Phi) is 3.50. The van der Waals surface area contributed by atoms with Gasteiger partial charge in [0.15, 0.2) is 0 Å². The molecule has 1 aromatic rings. The number of carbonyl (C=O) groups is 1. The molecule has 4 nitrogen and oxygen atoms in total. The van der Waals surface area contributed by atoms with Crippen molar-refractivity contribution in [1.82, 2.24) is 9.55 Å². The van der Waals surface area contributed by atoms with Gasteiger partial charge in [-0.2, -0.15) is 0 Å². The molecule has 1 rings (SSSR count). The predicted octanol–water partition coefficient (Wildman–Crippen LogP) is 1.79. The first-order valence-corrected chi connectivity index (χ1v) is 5.14. The van der Waals surface area contributed by atoms with Gasteiger partial charge in [-0.05, 0) is 20.8 Å². The van der Waals surface area contributed by atoms with E-state index in [1.54, 1.807) is 12.4 Å². The van der Waals surface area contributed by atoms with Crippen LogP contribution in [0.15, 0.2) is 12.4 Å². The van der Waals surface area contributed by atoms with Crippen molar-refractivity contribution in [2.75, 3.05) is 0 Å². The molecule has 0 atom stereocenters. The third kappa shape index (κ3) is 3.73. The van der Waals surface area contributed by atoms with Gasteiger partial charge in [0.25, 0.3) is 0 Å². The first-order valence-electron chi connectivity index (χ1n) is 5.14. The Morgan fingerprint density at radius 2 is 2.20 bits per heavy atom. The van der Waals surface area contributed by atoms with E-state index in [9.17, 15) is 4.79 Å². The number of carbonyl (C=O) groups excluding carboxylic acids is 1. The van der Waals surface area contributed by atoms with Crippen molar-refractivity contribution < 1.29 is 9.53 Å². The summed E-state index contributed by atoms with van der Waals surface area (Å²) >= 11 is 0. The molecule has 0 unspecified atom stereocenters. The minimum absolute atomic E-state index is 0.227. The van der Waals surface area contributed by atoms with Crippen LogP contribution in [0.1, 0.15) is 33.5 Å². The monoisotopic (exact) mass is 210 g/mol. The third-order valence-corrected chi connectivity index (χ3v) is 1.84. The highest BCUT2D eigenvalue weighted by Crippen LogP contribution is 2.08. The highest BCUT2D eigenvalue weighted by atomic mass is 16.6. The summed E-state index contributed by atoms with van der Waals surface area (Å²) in [5.74, 6) is 0.677. The molecule has 0 spiro atoms. The standard InChI is InChI=1S/C11H18N2O2/c1-5-9-12-6-7-13(9)8-10(14)15-11(2,3)4/h6-7H,5,8H2,1-4H3. The fraction of sp³-hybridized carbons (Fsp3) is 0.636. The van der Waals surface area contributed by atoms with E-state index in [-0.39, 0.29) is 12.5 Å². The van der Waals surface area contributed by atoms with Crippen molar-refractivity contribution in [3.63, 3.8) is 0 Å². The summed E-state index contributed by atoms with van der Waals surface area (Å²) in [6.45, 7) is 7.83. The highest BCUT2D eigenvalue weighted by Gasteiger charge is 2.16. The van der Waals surface area contributed by atoms with Gasteiger partial charge in [-0.15, -0.1) is 0 Å². The fourth-order valence-corrected chi connectivity index (χ4v) is 1.31. The van der Waals surface area contributed by atoms with Crippen LogP contribution < -0.4 is 0 Å². The molecular formula is C11H18N2O2. The SMILES string of the molecule is CCc1nccn1CC(=O)OC(C)(C)C. The molecule has 15 heavy (non-hydrogen) atoms. The summed E-state index contributed by atoms with van der Waals surface area (Å²) in [5.41, 5.74) is -0.427. The Hall–Kier alpha value is -1.32. The molecule has 0 aliphatic rings. The molecule has 0 saturated carbocycles. The average Bonchev–Trinajstić information content (AvgIpc) is 2.48. The first-order chi connectivity index (χ1) is 6.92. The number of rotatable bonds is 3. The molecule has 0 amide bonds. The van der Waals surface area contributed by atoms with Crippen LogP contribution in [-0.4, -0.2) is 21.1 Å². The van der Waals surface area contributed by atoms with Gasteiger partial charge in [-0.3, -0.25) is 4.79 Å². The smallest absolute Gasteiger partial charge is 0.326 e. The summed E-state index contributed by atoms with van der Waals surface area (Å²) < 4.78 is 7.04. The van der Waals surface area contributed by atoms with Gasteiger partial charge >= 0.3 is 5.97 Å². The lowest BCUT2D eigenvalue weighted by Gasteiger charge is -2.19. The Labute approximate surface area is 90.3 Å². The van der Waals surface area contributed by atoms with E-state index in [1.165, 1.54) is 0 Å². The van der Waals surface area contributed by atoms with Crippen LogP contribution >= 0.6 is 0 Å². The number of ether oxygens (including phenoxy) is 1. The third-order valence-electron chi connectivity index (χ3n) is 1.84. The minimum Gasteiger partial charge on any atom is -0.459 e. The van der Waals surface area contributed by atoms with E-state index >= 15 is 0 Å². The molecule has 0 aliphatic heterocycles. The quantitative estimate of drug-likeness (QED) is 0.714. The Bertz CT molecular complexity index is 337. The van der Waals surface area contributed by atoms with Gasteiger partial charge in [0, 0.05) is 18.8 Å². The number of nitrogens with zero attached hydrogens (tertiary/aromatic N) is 2. The zero-order valence-corrected chi connectivity index (χ0v) is 9.78. The molecule has 4 heteroatoms. The zero-order valence-electron chi connectivity index (χ0n) is 9.78. The van der Waals surface area contributed by atoms with E-state index in [1.807, 2.05) is 32.3 Å². The zero-order chi connectivity index (χ0) is 11.5. The van der Waals surface area contributed by atoms with Crippen LogP contribution in [0.4, 0.5) is 0 Å². The largest absolute Gasteiger partial charge is 0.459 e. The van der Waals surface area contributed by atoms with E-state index in [0.29, 0.717) is 0 Å². The van der Waals surface area contributed by atoms with Crippen LogP contribution in [0, 0.1) is 0 Å². The van der Waals surface area contributed by atoms with Crippen LogP contribution in [0.25, 0.3) is 0 Å². The van der Waals surface area contributed by atoms with Gasteiger partial charge in [-0.1, -0.05) is 6.92 Å². The van der Waals surface area contributed by atoms with Crippen molar-refractivity contribution in [3.8, 4) is 0 Å². The van der Waals surface area contributed by atoms with Gasteiger partial charge in [0.05, 0.1) is 0 Å². The maximum Gasteiger partial charge on any atom is 0.326 e. The molecule has 0 fully saturated rings. The molecule has 1 aromatic heterocycles. The topological polar surface area (TPSA) is 44.1 Å². The number of imidazole rings is 1. The van der Waals surface area contributed by atoms with Gasteiger partial charge < -0.3 is 9.30 Å².